The molecule has 0 aromatic carbocycles. The third-order valence-electron chi connectivity index (χ3n) is 2.50. The Bertz CT molecular complexity index is 514. The van der Waals surface area contributed by atoms with Gasteiger partial charge in [0.15, 0.2) is 11.0 Å². The van der Waals surface area contributed by atoms with E-state index in [9.17, 15) is 15.0 Å². The van der Waals surface area contributed by atoms with E-state index in [1.807, 2.05) is 0 Å². The van der Waals surface area contributed by atoms with Crippen molar-refractivity contribution in [1.82, 2.24) is 14.8 Å². The average molecular weight is 261 g/mol. The summed E-state index contributed by atoms with van der Waals surface area (Å²) < 4.78 is 6.24. The molecule has 2 rings (SSSR count). The van der Waals surface area contributed by atoms with Crippen molar-refractivity contribution in [2.24, 2.45) is 0 Å². The van der Waals surface area contributed by atoms with Gasteiger partial charge in [-0.2, -0.15) is 5.10 Å². The quantitative estimate of drug-likeness (QED) is 0.450. The lowest BCUT2D eigenvalue weighted by Crippen LogP contribution is -2.33. The summed E-state index contributed by atoms with van der Waals surface area (Å²) in [7, 11) is 0. The molecule has 1 aromatic rings. The van der Waals surface area contributed by atoms with Crippen LogP contribution in [0, 0.1) is 4.77 Å². The number of ether oxygens (including phenoxy) is 1. The zero-order valence-electron chi connectivity index (χ0n) is 8.55. The smallest absolute Gasteiger partial charge is 0.270 e. The van der Waals surface area contributed by atoms with Gasteiger partial charge in [-0.05, 0) is 12.2 Å². The van der Waals surface area contributed by atoms with Crippen LogP contribution in [-0.4, -0.2) is 55.0 Å². The summed E-state index contributed by atoms with van der Waals surface area (Å²) in [5.41, 5.74) is -0.474. The van der Waals surface area contributed by atoms with Crippen LogP contribution in [0.15, 0.2) is 11.0 Å². The van der Waals surface area contributed by atoms with Crippen LogP contribution in [0.4, 0.5) is 0 Å². The highest BCUT2D eigenvalue weighted by Crippen LogP contribution is 2.28. The molecule has 1 aliphatic heterocycles. The van der Waals surface area contributed by atoms with Crippen molar-refractivity contribution in [2.45, 2.75) is 24.5 Å². The molecule has 4 atom stereocenters. The Kier molecular flexibility index (Phi) is 3.35. The number of hydrogen-bond acceptors (Lipinski definition) is 7. The number of H-pyrrole nitrogens is 1. The number of aromatic amines is 1. The van der Waals surface area contributed by atoms with Gasteiger partial charge in [0.1, 0.15) is 24.5 Å². The maximum absolute atomic E-state index is 10.9. The van der Waals surface area contributed by atoms with Crippen molar-refractivity contribution in [1.29, 1.82) is 0 Å². The lowest BCUT2D eigenvalue weighted by atomic mass is 10.1. The number of nitrogens with zero attached hydrogens (tertiary/aromatic N) is 2. The van der Waals surface area contributed by atoms with E-state index in [1.165, 1.54) is 0 Å². The predicted molar refractivity (Wildman–Crippen MR) is 56.7 cm³/mol. The van der Waals surface area contributed by atoms with Crippen molar-refractivity contribution in [2.75, 3.05) is 6.61 Å². The molecule has 0 spiro atoms. The largest absolute Gasteiger partial charge is 0.394 e. The van der Waals surface area contributed by atoms with Gasteiger partial charge in [0, 0.05) is 0 Å². The van der Waals surface area contributed by atoms with Gasteiger partial charge in [0.25, 0.3) is 5.56 Å². The molecule has 2 heterocycles. The molecule has 0 unspecified atom stereocenters. The summed E-state index contributed by atoms with van der Waals surface area (Å²) in [6.07, 6.45) is -3.49. The predicted octanol–water partition coefficient (Wildman–Crippen LogP) is -2.09. The molecule has 0 bridgehead atoms. The van der Waals surface area contributed by atoms with E-state index in [4.69, 9.17) is 22.1 Å². The molecule has 8 nitrogen and oxygen atoms in total. The molecule has 0 saturated carbocycles. The standard InChI is InChI=1S/C8H11N3O5S/c12-2-3-5(14)6(15)7(16-3)11-8(17)10-4(13)1-9-11/h1,3,5-7,12,14-15H,2H2,(H,10,13,17)/t3-,5+,6+,7+/m0/s1. The highest BCUT2D eigenvalue weighted by Gasteiger charge is 2.43. The first kappa shape index (κ1) is 12.3. The minimum absolute atomic E-state index is 0.0349. The van der Waals surface area contributed by atoms with Crippen LogP contribution < -0.4 is 5.56 Å². The second-order valence-electron chi connectivity index (χ2n) is 3.61. The lowest BCUT2D eigenvalue weighted by molar-refractivity contribution is -0.0607. The SMILES string of the molecule is O=c1cnn([C@@H]2O[C@@H](CO)[C@@H](O)[C@H]2O)c(=S)[nH]1. The molecular weight excluding hydrogens is 250 g/mol. The van der Waals surface area contributed by atoms with Gasteiger partial charge in [-0.25, -0.2) is 4.68 Å². The van der Waals surface area contributed by atoms with E-state index in [0.717, 1.165) is 10.9 Å². The maximum Gasteiger partial charge on any atom is 0.270 e. The minimum atomic E-state index is -1.28. The maximum atomic E-state index is 10.9. The molecule has 1 saturated heterocycles. The number of rotatable bonds is 2. The molecular formula is C8H11N3O5S. The molecule has 0 aliphatic carbocycles. The van der Waals surface area contributed by atoms with Crippen molar-refractivity contribution >= 4 is 12.2 Å². The molecule has 4 N–H and O–H groups in total. The zero-order chi connectivity index (χ0) is 12.6. The first-order valence-electron chi connectivity index (χ1n) is 4.85. The third kappa shape index (κ3) is 2.15. The van der Waals surface area contributed by atoms with Gasteiger partial charge in [0.2, 0.25) is 0 Å². The van der Waals surface area contributed by atoms with Gasteiger partial charge in [-0.3, -0.25) is 9.78 Å². The topological polar surface area (TPSA) is 121 Å². The Balaban J connectivity index is 2.35. The summed E-state index contributed by atoms with van der Waals surface area (Å²) >= 11 is 4.85. The number of nitrogens with one attached hydrogen (secondary N) is 1. The highest BCUT2D eigenvalue weighted by atomic mass is 32.1. The number of aliphatic hydroxyl groups excluding tert-OH is 3. The number of hydrogen-bond donors (Lipinski definition) is 4. The monoisotopic (exact) mass is 261 g/mol. The first-order valence-corrected chi connectivity index (χ1v) is 5.26. The summed E-state index contributed by atoms with van der Waals surface area (Å²) in [6, 6.07) is 0. The van der Waals surface area contributed by atoms with Crippen molar-refractivity contribution in [3.8, 4) is 0 Å². The second-order valence-corrected chi connectivity index (χ2v) is 4.00. The molecule has 94 valence electrons. The van der Waals surface area contributed by atoms with Gasteiger partial charge in [-0.1, -0.05) is 0 Å². The first-order chi connectivity index (χ1) is 8.04. The van der Waals surface area contributed by atoms with Gasteiger partial charge >= 0.3 is 0 Å². The van der Waals surface area contributed by atoms with Crippen LogP contribution in [0.3, 0.4) is 0 Å². The van der Waals surface area contributed by atoms with Crippen molar-refractivity contribution in [3.05, 3.63) is 21.3 Å². The molecule has 17 heavy (non-hydrogen) atoms. The molecule has 0 radical (unpaired) electrons. The van der Waals surface area contributed by atoms with E-state index < -0.39 is 36.7 Å². The highest BCUT2D eigenvalue weighted by molar-refractivity contribution is 7.71. The summed E-state index contributed by atoms with van der Waals surface area (Å²) in [5.74, 6) is 0. The average Bonchev–Trinajstić information content (AvgIpc) is 2.57. The normalized spacial score (nSPS) is 32.9. The Morgan fingerprint density at radius 1 is 1.53 bits per heavy atom. The number of aromatic nitrogens is 3. The van der Waals surface area contributed by atoms with Gasteiger partial charge in [-0.15, -0.1) is 0 Å². The summed E-state index contributed by atoms with van der Waals surface area (Å²) in [6.45, 7) is -0.439. The number of aliphatic hydroxyl groups is 3. The van der Waals surface area contributed by atoms with Crippen LogP contribution in [0.1, 0.15) is 6.23 Å². The fourth-order valence-electron chi connectivity index (χ4n) is 1.63. The molecule has 0 amide bonds. The molecule has 9 heteroatoms. The van der Waals surface area contributed by atoms with Crippen LogP contribution in [0.5, 0.6) is 0 Å². The minimum Gasteiger partial charge on any atom is -0.394 e. The van der Waals surface area contributed by atoms with E-state index in [1.54, 1.807) is 0 Å². The fourth-order valence-corrected chi connectivity index (χ4v) is 1.88. The fraction of sp³-hybridized carbons (Fsp3) is 0.625. The van der Waals surface area contributed by atoms with Crippen molar-refractivity contribution < 1.29 is 20.1 Å². The van der Waals surface area contributed by atoms with E-state index in [-0.39, 0.29) is 4.77 Å². The molecule has 1 fully saturated rings. The Morgan fingerprint density at radius 3 is 2.76 bits per heavy atom. The zero-order valence-corrected chi connectivity index (χ0v) is 9.37. The summed E-state index contributed by atoms with van der Waals surface area (Å²) in [5, 5.41) is 31.9. The summed E-state index contributed by atoms with van der Waals surface area (Å²) in [4.78, 5) is 13.2. The van der Waals surface area contributed by atoms with Gasteiger partial charge in [0.05, 0.1) is 6.61 Å². The van der Waals surface area contributed by atoms with E-state index >= 15 is 0 Å². The third-order valence-corrected chi connectivity index (χ3v) is 2.78. The Hall–Kier alpha value is -1.13. The van der Waals surface area contributed by atoms with Crippen LogP contribution >= 0.6 is 12.2 Å². The molecule has 1 aromatic heterocycles. The van der Waals surface area contributed by atoms with Gasteiger partial charge < -0.3 is 20.1 Å². The van der Waals surface area contributed by atoms with E-state index in [0.29, 0.717) is 0 Å². The lowest BCUT2D eigenvalue weighted by Gasteiger charge is -2.16. The van der Waals surface area contributed by atoms with E-state index in [2.05, 4.69) is 10.1 Å². The second kappa shape index (κ2) is 4.63. The van der Waals surface area contributed by atoms with Crippen LogP contribution in [0.2, 0.25) is 0 Å². The van der Waals surface area contributed by atoms with Crippen LogP contribution in [0.25, 0.3) is 0 Å². The van der Waals surface area contributed by atoms with Crippen molar-refractivity contribution in [3.63, 3.8) is 0 Å². The van der Waals surface area contributed by atoms with Crippen LogP contribution in [-0.2, 0) is 4.74 Å². The Labute approximate surface area is 100 Å². The molecule has 1 aliphatic rings. The Morgan fingerprint density at radius 2 is 2.24 bits per heavy atom.